The van der Waals surface area contributed by atoms with Gasteiger partial charge in [0.15, 0.2) is 0 Å². The monoisotopic (exact) mass is 380 g/mol. The third kappa shape index (κ3) is 4.38. The summed E-state index contributed by atoms with van der Waals surface area (Å²) in [5.41, 5.74) is 0.524. The van der Waals surface area contributed by atoms with Crippen LogP contribution in [-0.4, -0.2) is 33.0 Å². The smallest absolute Gasteiger partial charge is 0.240 e. The fourth-order valence-electron chi connectivity index (χ4n) is 3.74. The Labute approximate surface area is 156 Å². The standard InChI is InChI=1S/C19H28N2O4S/c1-14-13-21(15(2)22)18-12-17(10-11-19(18)25-14)26(23,24)20-16-8-6-4-3-5-7-9-16/h10-12,14,16,20H,3-9,13H2,1-2H3. The fourth-order valence-corrected chi connectivity index (χ4v) is 5.07. The van der Waals surface area contributed by atoms with Gasteiger partial charge in [-0.05, 0) is 38.0 Å². The number of nitrogens with zero attached hydrogens (tertiary/aromatic N) is 1. The molecule has 1 amide bonds. The van der Waals surface area contributed by atoms with Crippen LogP contribution in [-0.2, 0) is 14.8 Å². The number of amides is 1. The van der Waals surface area contributed by atoms with Crippen LogP contribution in [0.1, 0.15) is 58.8 Å². The molecule has 1 heterocycles. The van der Waals surface area contributed by atoms with Crippen molar-refractivity contribution in [2.24, 2.45) is 0 Å². The van der Waals surface area contributed by atoms with Crippen LogP contribution in [0.5, 0.6) is 5.75 Å². The maximum Gasteiger partial charge on any atom is 0.240 e. The molecule has 0 radical (unpaired) electrons. The van der Waals surface area contributed by atoms with Crippen LogP contribution in [0.2, 0.25) is 0 Å². The molecular formula is C19H28N2O4S. The van der Waals surface area contributed by atoms with E-state index in [0.29, 0.717) is 18.0 Å². The summed E-state index contributed by atoms with van der Waals surface area (Å²) in [5.74, 6) is 0.424. The number of ether oxygens (including phenoxy) is 1. The van der Waals surface area contributed by atoms with Crippen LogP contribution < -0.4 is 14.4 Å². The minimum atomic E-state index is -3.63. The van der Waals surface area contributed by atoms with Crippen molar-refractivity contribution in [2.45, 2.75) is 75.8 Å². The Kier molecular flexibility index (Phi) is 5.87. The third-order valence-corrected chi connectivity index (χ3v) is 6.62. The van der Waals surface area contributed by atoms with Gasteiger partial charge in [-0.3, -0.25) is 4.79 Å². The van der Waals surface area contributed by atoms with E-state index in [9.17, 15) is 13.2 Å². The van der Waals surface area contributed by atoms with Gasteiger partial charge in [-0.25, -0.2) is 13.1 Å². The molecule has 1 fully saturated rings. The van der Waals surface area contributed by atoms with Gasteiger partial charge in [-0.2, -0.15) is 0 Å². The summed E-state index contributed by atoms with van der Waals surface area (Å²) in [6.07, 6.45) is 7.32. The highest BCUT2D eigenvalue weighted by Crippen LogP contribution is 2.35. The lowest BCUT2D eigenvalue weighted by Gasteiger charge is -2.33. The van der Waals surface area contributed by atoms with E-state index in [1.54, 1.807) is 23.1 Å². The van der Waals surface area contributed by atoms with Crippen molar-refractivity contribution in [3.63, 3.8) is 0 Å². The van der Waals surface area contributed by atoms with Gasteiger partial charge < -0.3 is 9.64 Å². The number of fused-ring (bicyclic) bond motifs is 1. The Morgan fingerprint density at radius 1 is 1.15 bits per heavy atom. The van der Waals surface area contributed by atoms with Crippen molar-refractivity contribution in [2.75, 3.05) is 11.4 Å². The Balaban J connectivity index is 1.84. The van der Waals surface area contributed by atoms with Crippen LogP contribution >= 0.6 is 0 Å². The highest BCUT2D eigenvalue weighted by molar-refractivity contribution is 7.89. The van der Waals surface area contributed by atoms with E-state index in [2.05, 4.69) is 4.72 Å². The number of carbonyl (C=O) groups excluding carboxylic acids is 1. The first-order chi connectivity index (χ1) is 12.4. The summed E-state index contributed by atoms with van der Waals surface area (Å²) in [7, 11) is -3.63. The molecule has 26 heavy (non-hydrogen) atoms. The number of hydrogen-bond acceptors (Lipinski definition) is 4. The minimum Gasteiger partial charge on any atom is -0.487 e. The molecule has 1 aromatic carbocycles. The number of benzene rings is 1. The second kappa shape index (κ2) is 7.96. The second-order valence-electron chi connectivity index (χ2n) is 7.35. The van der Waals surface area contributed by atoms with Gasteiger partial charge in [0, 0.05) is 13.0 Å². The average Bonchev–Trinajstić information content (AvgIpc) is 2.55. The van der Waals surface area contributed by atoms with Crippen LogP contribution in [0.25, 0.3) is 0 Å². The number of hydrogen-bond donors (Lipinski definition) is 1. The van der Waals surface area contributed by atoms with Gasteiger partial charge >= 0.3 is 0 Å². The van der Waals surface area contributed by atoms with Crippen LogP contribution in [0.3, 0.4) is 0 Å². The number of rotatable bonds is 3. The number of sulfonamides is 1. The topological polar surface area (TPSA) is 75.7 Å². The summed E-state index contributed by atoms with van der Waals surface area (Å²) in [6, 6.07) is 4.73. The lowest BCUT2D eigenvalue weighted by Crippen LogP contribution is -2.41. The first-order valence-corrected chi connectivity index (χ1v) is 11.0. The van der Waals surface area contributed by atoms with Crippen molar-refractivity contribution in [3.05, 3.63) is 18.2 Å². The van der Waals surface area contributed by atoms with E-state index in [1.165, 1.54) is 26.2 Å². The Bertz CT molecular complexity index is 755. The van der Waals surface area contributed by atoms with Gasteiger partial charge in [-0.1, -0.05) is 32.1 Å². The first kappa shape index (κ1) is 19.2. The molecular weight excluding hydrogens is 352 g/mol. The van der Waals surface area contributed by atoms with Crippen molar-refractivity contribution in [1.29, 1.82) is 0 Å². The predicted octanol–water partition coefficient (Wildman–Crippen LogP) is 3.21. The summed E-state index contributed by atoms with van der Waals surface area (Å²) in [5, 5.41) is 0. The van der Waals surface area contributed by atoms with E-state index in [0.717, 1.165) is 25.7 Å². The van der Waals surface area contributed by atoms with Crippen molar-refractivity contribution >= 4 is 21.6 Å². The van der Waals surface area contributed by atoms with Gasteiger partial charge in [0.1, 0.15) is 11.9 Å². The van der Waals surface area contributed by atoms with E-state index >= 15 is 0 Å². The predicted molar refractivity (Wildman–Crippen MR) is 101 cm³/mol. The minimum absolute atomic E-state index is 0.0171. The molecule has 3 rings (SSSR count). The summed E-state index contributed by atoms with van der Waals surface area (Å²) >= 11 is 0. The quantitative estimate of drug-likeness (QED) is 0.874. The summed E-state index contributed by atoms with van der Waals surface area (Å²) in [4.78, 5) is 13.7. The second-order valence-corrected chi connectivity index (χ2v) is 9.06. The van der Waals surface area contributed by atoms with Gasteiger partial charge in [0.2, 0.25) is 15.9 Å². The number of anilines is 1. The zero-order valence-electron chi connectivity index (χ0n) is 15.5. The molecule has 0 bridgehead atoms. The molecule has 6 nitrogen and oxygen atoms in total. The largest absolute Gasteiger partial charge is 0.487 e. The maximum atomic E-state index is 12.9. The Hall–Kier alpha value is -1.60. The maximum absolute atomic E-state index is 12.9. The molecule has 2 aliphatic rings. The zero-order chi connectivity index (χ0) is 18.7. The summed E-state index contributed by atoms with van der Waals surface area (Å²) < 4.78 is 34.4. The van der Waals surface area contributed by atoms with Crippen LogP contribution in [0.15, 0.2) is 23.1 Å². The normalized spacial score (nSPS) is 22.1. The Morgan fingerprint density at radius 3 is 2.46 bits per heavy atom. The molecule has 0 spiro atoms. The molecule has 1 aromatic rings. The fraction of sp³-hybridized carbons (Fsp3) is 0.632. The SMILES string of the molecule is CC(=O)N1CC(C)Oc2ccc(S(=O)(=O)NC3CCCCCCC3)cc21. The number of carbonyl (C=O) groups is 1. The first-order valence-electron chi connectivity index (χ1n) is 9.48. The van der Waals surface area contributed by atoms with E-state index in [4.69, 9.17) is 4.74 Å². The lowest BCUT2D eigenvalue weighted by molar-refractivity contribution is -0.117. The molecule has 1 atom stereocenters. The highest BCUT2D eigenvalue weighted by Gasteiger charge is 2.28. The molecule has 0 saturated heterocycles. The van der Waals surface area contributed by atoms with Crippen molar-refractivity contribution < 1.29 is 17.9 Å². The van der Waals surface area contributed by atoms with E-state index in [1.807, 2.05) is 6.92 Å². The van der Waals surface area contributed by atoms with E-state index in [-0.39, 0.29) is 22.9 Å². The van der Waals surface area contributed by atoms with Gasteiger partial charge in [0.25, 0.3) is 0 Å². The molecule has 0 aromatic heterocycles. The molecule has 1 N–H and O–H groups in total. The summed E-state index contributed by atoms with van der Waals surface area (Å²) in [6.45, 7) is 3.79. The van der Waals surface area contributed by atoms with Gasteiger partial charge in [0.05, 0.1) is 17.1 Å². The van der Waals surface area contributed by atoms with Crippen molar-refractivity contribution in [1.82, 2.24) is 4.72 Å². The Morgan fingerprint density at radius 2 is 1.81 bits per heavy atom. The van der Waals surface area contributed by atoms with E-state index < -0.39 is 10.0 Å². The molecule has 1 aliphatic carbocycles. The van der Waals surface area contributed by atoms with Crippen molar-refractivity contribution in [3.8, 4) is 5.75 Å². The number of nitrogens with one attached hydrogen (secondary N) is 1. The molecule has 1 unspecified atom stereocenters. The lowest BCUT2D eigenvalue weighted by atomic mass is 9.97. The third-order valence-electron chi connectivity index (χ3n) is 5.11. The average molecular weight is 381 g/mol. The van der Waals surface area contributed by atoms with Crippen LogP contribution in [0, 0.1) is 0 Å². The zero-order valence-corrected chi connectivity index (χ0v) is 16.3. The van der Waals surface area contributed by atoms with Gasteiger partial charge in [-0.15, -0.1) is 0 Å². The molecule has 144 valence electrons. The van der Waals surface area contributed by atoms with Crippen LogP contribution in [0.4, 0.5) is 5.69 Å². The molecule has 1 saturated carbocycles. The molecule has 1 aliphatic heterocycles. The highest BCUT2D eigenvalue weighted by atomic mass is 32.2. The molecule has 7 heteroatoms.